The van der Waals surface area contributed by atoms with E-state index < -0.39 is 0 Å². The van der Waals surface area contributed by atoms with Crippen LogP contribution in [0.2, 0.25) is 0 Å². The SMILES string of the molecule is CC(C)c1ccc(CNC(=O)c2c[nH]cc2-c2cnn(C)c2)cc1. The van der Waals surface area contributed by atoms with Gasteiger partial charge in [0.1, 0.15) is 0 Å². The van der Waals surface area contributed by atoms with Gasteiger partial charge in [0.25, 0.3) is 5.91 Å². The zero-order valence-corrected chi connectivity index (χ0v) is 14.2. The van der Waals surface area contributed by atoms with Crippen molar-refractivity contribution in [2.45, 2.75) is 26.3 Å². The van der Waals surface area contributed by atoms with Gasteiger partial charge in [0.05, 0.1) is 11.8 Å². The highest BCUT2D eigenvalue weighted by molar-refractivity contribution is 6.00. The van der Waals surface area contributed by atoms with E-state index in [0.717, 1.165) is 16.7 Å². The summed E-state index contributed by atoms with van der Waals surface area (Å²) in [4.78, 5) is 15.5. The Balaban J connectivity index is 1.69. The van der Waals surface area contributed by atoms with E-state index in [1.165, 1.54) is 5.56 Å². The van der Waals surface area contributed by atoms with E-state index in [0.29, 0.717) is 18.0 Å². The van der Waals surface area contributed by atoms with Gasteiger partial charge in [-0.1, -0.05) is 38.1 Å². The molecule has 0 fully saturated rings. The minimum Gasteiger partial charge on any atom is -0.366 e. The maximum Gasteiger partial charge on any atom is 0.253 e. The second-order valence-corrected chi connectivity index (χ2v) is 6.26. The molecule has 124 valence electrons. The fourth-order valence-electron chi connectivity index (χ4n) is 2.65. The van der Waals surface area contributed by atoms with E-state index >= 15 is 0 Å². The van der Waals surface area contributed by atoms with Gasteiger partial charge in [-0.3, -0.25) is 9.48 Å². The molecule has 2 aromatic heterocycles. The van der Waals surface area contributed by atoms with Gasteiger partial charge >= 0.3 is 0 Å². The average Bonchev–Trinajstić information content (AvgIpc) is 3.21. The van der Waals surface area contributed by atoms with Crippen molar-refractivity contribution in [1.29, 1.82) is 0 Å². The Morgan fingerprint density at radius 3 is 2.62 bits per heavy atom. The van der Waals surface area contributed by atoms with Crippen LogP contribution < -0.4 is 5.32 Å². The zero-order chi connectivity index (χ0) is 17.1. The van der Waals surface area contributed by atoms with Gasteiger partial charge in [0.15, 0.2) is 0 Å². The van der Waals surface area contributed by atoms with Crippen LogP contribution in [0.5, 0.6) is 0 Å². The molecule has 0 aliphatic rings. The molecule has 0 aliphatic heterocycles. The van der Waals surface area contributed by atoms with Crippen molar-refractivity contribution in [2.24, 2.45) is 7.05 Å². The minimum atomic E-state index is -0.0944. The standard InChI is InChI=1S/C19H22N4O/c1-13(2)15-6-4-14(5-7-15)8-21-19(24)18-11-20-10-17(18)16-9-22-23(3)12-16/h4-7,9-13,20H,8H2,1-3H3,(H,21,24). The zero-order valence-electron chi connectivity index (χ0n) is 14.2. The Morgan fingerprint density at radius 1 is 1.25 bits per heavy atom. The summed E-state index contributed by atoms with van der Waals surface area (Å²) in [7, 11) is 1.86. The molecule has 5 heteroatoms. The highest BCUT2D eigenvalue weighted by atomic mass is 16.1. The number of aromatic nitrogens is 3. The van der Waals surface area contributed by atoms with Crippen LogP contribution in [0.15, 0.2) is 49.1 Å². The fourth-order valence-corrected chi connectivity index (χ4v) is 2.65. The number of benzene rings is 1. The summed E-state index contributed by atoms with van der Waals surface area (Å²) in [5.41, 5.74) is 4.79. The number of aromatic amines is 1. The van der Waals surface area contributed by atoms with Crippen LogP contribution in [0.4, 0.5) is 0 Å². The highest BCUT2D eigenvalue weighted by Crippen LogP contribution is 2.22. The van der Waals surface area contributed by atoms with Gasteiger partial charge in [-0.05, 0) is 17.0 Å². The Kier molecular flexibility index (Phi) is 4.51. The van der Waals surface area contributed by atoms with Crippen LogP contribution >= 0.6 is 0 Å². The summed E-state index contributed by atoms with van der Waals surface area (Å²) in [6.07, 6.45) is 7.19. The van der Waals surface area contributed by atoms with E-state index in [-0.39, 0.29) is 5.91 Å². The number of nitrogens with one attached hydrogen (secondary N) is 2. The highest BCUT2D eigenvalue weighted by Gasteiger charge is 2.14. The Hall–Kier alpha value is -2.82. The van der Waals surface area contributed by atoms with Gasteiger partial charge in [0, 0.05) is 43.3 Å². The summed E-state index contributed by atoms with van der Waals surface area (Å²) in [6.45, 7) is 4.85. The van der Waals surface area contributed by atoms with Crippen molar-refractivity contribution in [3.05, 3.63) is 65.7 Å². The maximum absolute atomic E-state index is 12.5. The number of H-pyrrole nitrogens is 1. The first-order valence-corrected chi connectivity index (χ1v) is 8.07. The maximum atomic E-state index is 12.5. The molecule has 2 N–H and O–H groups in total. The first kappa shape index (κ1) is 16.1. The first-order chi connectivity index (χ1) is 11.5. The van der Waals surface area contributed by atoms with Gasteiger partial charge in [-0.2, -0.15) is 5.10 Å². The van der Waals surface area contributed by atoms with Gasteiger partial charge < -0.3 is 10.3 Å². The number of carbonyl (C=O) groups is 1. The number of hydrogen-bond donors (Lipinski definition) is 2. The van der Waals surface area contributed by atoms with Crippen molar-refractivity contribution in [3.8, 4) is 11.1 Å². The van der Waals surface area contributed by atoms with Crippen molar-refractivity contribution < 1.29 is 4.79 Å². The number of aryl methyl sites for hydroxylation is 1. The molecule has 0 bridgehead atoms. The van der Waals surface area contributed by atoms with Crippen molar-refractivity contribution in [2.75, 3.05) is 0 Å². The second-order valence-electron chi connectivity index (χ2n) is 6.26. The summed E-state index contributed by atoms with van der Waals surface area (Å²) >= 11 is 0. The molecule has 3 aromatic rings. The smallest absolute Gasteiger partial charge is 0.253 e. The fraction of sp³-hybridized carbons (Fsp3) is 0.263. The van der Waals surface area contributed by atoms with Crippen molar-refractivity contribution in [1.82, 2.24) is 20.1 Å². The number of hydrogen-bond acceptors (Lipinski definition) is 2. The normalized spacial score (nSPS) is 11.0. The van der Waals surface area contributed by atoms with E-state index in [1.807, 2.05) is 19.4 Å². The molecule has 1 aromatic carbocycles. The molecule has 0 saturated heterocycles. The lowest BCUT2D eigenvalue weighted by atomic mass is 10.0. The van der Waals surface area contributed by atoms with Crippen LogP contribution in [0.3, 0.4) is 0 Å². The van der Waals surface area contributed by atoms with Gasteiger partial charge in [-0.15, -0.1) is 0 Å². The molecule has 0 atom stereocenters. The minimum absolute atomic E-state index is 0.0944. The molecule has 0 saturated carbocycles. The van der Waals surface area contributed by atoms with Crippen LogP contribution in [0.1, 0.15) is 41.3 Å². The molecule has 5 nitrogen and oxygen atoms in total. The molecule has 0 spiro atoms. The molecule has 2 heterocycles. The molecule has 0 unspecified atom stereocenters. The predicted octanol–water partition coefficient (Wildman–Crippen LogP) is 3.47. The topological polar surface area (TPSA) is 62.7 Å². The molecule has 3 rings (SSSR count). The molecular formula is C19H22N4O. The van der Waals surface area contributed by atoms with Crippen LogP contribution in [-0.2, 0) is 13.6 Å². The molecule has 0 aliphatic carbocycles. The number of amides is 1. The molecule has 0 radical (unpaired) electrons. The van der Waals surface area contributed by atoms with E-state index in [9.17, 15) is 4.79 Å². The Labute approximate surface area is 141 Å². The molecular weight excluding hydrogens is 300 g/mol. The largest absolute Gasteiger partial charge is 0.366 e. The third-order valence-corrected chi connectivity index (χ3v) is 4.11. The van der Waals surface area contributed by atoms with Crippen LogP contribution in [0.25, 0.3) is 11.1 Å². The lowest BCUT2D eigenvalue weighted by Gasteiger charge is -2.08. The monoisotopic (exact) mass is 322 g/mol. The van der Waals surface area contributed by atoms with Crippen LogP contribution in [0, 0.1) is 0 Å². The number of carbonyl (C=O) groups excluding carboxylic acids is 1. The second kappa shape index (κ2) is 6.74. The predicted molar refractivity (Wildman–Crippen MR) is 94.7 cm³/mol. The Morgan fingerprint density at radius 2 is 2.00 bits per heavy atom. The average molecular weight is 322 g/mol. The van der Waals surface area contributed by atoms with Crippen LogP contribution in [-0.4, -0.2) is 20.7 Å². The lowest BCUT2D eigenvalue weighted by molar-refractivity contribution is 0.0951. The van der Waals surface area contributed by atoms with Gasteiger partial charge in [0.2, 0.25) is 0 Å². The Bertz CT molecular complexity index is 827. The quantitative estimate of drug-likeness (QED) is 0.755. The van der Waals surface area contributed by atoms with E-state index in [1.54, 1.807) is 17.1 Å². The van der Waals surface area contributed by atoms with Crippen molar-refractivity contribution in [3.63, 3.8) is 0 Å². The van der Waals surface area contributed by atoms with E-state index in [2.05, 4.69) is 53.5 Å². The molecule has 1 amide bonds. The summed E-state index contributed by atoms with van der Waals surface area (Å²) < 4.78 is 1.72. The van der Waals surface area contributed by atoms with Gasteiger partial charge in [-0.25, -0.2) is 0 Å². The van der Waals surface area contributed by atoms with Crippen molar-refractivity contribution >= 4 is 5.91 Å². The number of nitrogens with zero attached hydrogens (tertiary/aromatic N) is 2. The molecule has 24 heavy (non-hydrogen) atoms. The third-order valence-electron chi connectivity index (χ3n) is 4.11. The lowest BCUT2D eigenvalue weighted by Crippen LogP contribution is -2.22. The first-order valence-electron chi connectivity index (χ1n) is 8.07. The summed E-state index contributed by atoms with van der Waals surface area (Å²) in [6, 6.07) is 8.36. The summed E-state index contributed by atoms with van der Waals surface area (Å²) in [5.74, 6) is 0.415. The third kappa shape index (κ3) is 3.40. The summed E-state index contributed by atoms with van der Waals surface area (Å²) in [5, 5.41) is 7.14. The van der Waals surface area contributed by atoms with E-state index in [4.69, 9.17) is 0 Å². The number of rotatable bonds is 5.